The van der Waals surface area contributed by atoms with Gasteiger partial charge in [0.1, 0.15) is 17.5 Å². The summed E-state index contributed by atoms with van der Waals surface area (Å²) in [5.74, 6) is 2.71. The molecule has 0 N–H and O–H groups in total. The highest BCUT2D eigenvalue weighted by atomic mass is 16.5. The molecule has 0 bridgehead atoms. The molecular weight excluding hydrogens is 342 g/mol. The monoisotopic (exact) mass is 365 g/mol. The lowest BCUT2D eigenvalue weighted by atomic mass is 10.1. The maximum absolute atomic E-state index is 9.27. The lowest BCUT2D eigenvalue weighted by Crippen LogP contribution is -2.22. The zero-order valence-electron chi connectivity index (χ0n) is 15.5. The summed E-state index contributed by atoms with van der Waals surface area (Å²) in [4.78, 5) is 15.4. The first kappa shape index (κ1) is 17.5. The zero-order valence-corrected chi connectivity index (χ0v) is 15.5. The summed E-state index contributed by atoms with van der Waals surface area (Å²) in [5.41, 5.74) is 1.50. The van der Waals surface area contributed by atoms with E-state index < -0.39 is 0 Å². The average Bonchev–Trinajstić information content (AvgIpc) is 3.45. The maximum atomic E-state index is 9.27. The third-order valence-corrected chi connectivity index (χ3v) is 4.96. The van der Waals surface area contributed by atoms with Gasteiger partial charge in [-0.1, -0.05) is 0 Å². The Hall–Kier alpha value is -2.88. The first-order valence-electron chi connectivity index (χ1n) is 9.50. The van der Waals surface area contributed by atoms with Crippen LogP contribution < -0.4 is 14.4 Å². The normalized spacial score (nSPS) is 19.0. The molecule has 2 fully saturated rings. The number of pyridine rings is 1. The van der Waals surface area contributed by atoms with E-state index in [4.69, 9.17) is 9.47 Å². The summed E-state index contributed by atoms with van der Waals surface area (Å²) in [5, 5.41) is 9.27. The fraction of sp³-hybridized carbons (Fsp3) is 0.500. The van der Waals surface area contributed by atoms with Gasteiger partial charge in [0, 0.05) is 31.0 Å². The van der Waals surface area contributed by atoms with Crippen LogP contribution in [0.3, 0.4) is 0 Å². The highest BCUT2D eigenvalue weighted by Gasteiger charge is 2.28. The van der Waals surface area contributed by atoms with Crippen molar-refractivity contribution in [3.8, 4) is 17.8 Å². The van der Waals surface area contributed by atoms with Crippen molar-refractivity contribution in [3.05, 3.63) is 35.9 Å². The highest BCUT2D eigenvalue weighted by molar-refractivity contribution is 5.46. The Morgan fingerprint density at radius 2 is 2.07 bits per heavy atom. The van der Waals surface area contributed by atoms with Crippen LogP contribution in [0.1, 0.15) is 43.5 Å². The fourth-order valence-electron chi connectivity index (χ4n) is 3.30. The van der Waals surface area contributed by atoms with Crippen LogP contribution >= 0.6 is 0 Å². The molecule has 1 aliphatic carbocycles. The number of hydrogen-bond donors (Lipinski definition) is 0. The molecule has 2 aliphatic rings. The molecule has 1 saturated heterocycles. The Balaban J connectivity index is 1.35. The zero-order chi connectivity index (χ0) is 18.6. The van der Waals surface area contributed by atoms with Crippen molar-refractivity contribution in [2.45, 2.75) is 32.1 Å². The van der Waals surface area contributed by atoms with Gasteiger partial charge >= 0.3 is 0 Å². The van der Waals surface area contributed by atoms with E-state index >= 15 is 0 Å². The molecule has 7 nitrogen and oxygen atoms in total. The Bertz CT molecular complexity index is 829. The Kier molecular flexibility index (Phi) is 5.05. The first-order chi connectivity index (χ1) is 13.3. The van der Waals surface area contributed by atoms with Gasteiger partial charge in [0.2, 0.25) is 11.8 Å². The molecule has 0 spiro atoms. The topological polar surface area (TPSA) is 84.2 Å². The number of hydrogen-bond acceptors (Lipinski definition) is 7. The summed E-state index contributed by atoms with van der Waals surface area (Å²) < 4.78 is 11.3. The van der Waals surface area contributed by atoms with Gasteiger partial charge in [-0.15, -0.1) is 0 Å². The van der Waals surface area contributed by atoms with E-state index in [0.717, 1.165) is 43.9 Å². The first-order valence-corrected chi connectivity index (χ1v) is 9.50. The van der Waals surface area contributed by atoms with E-state index in [2.05, 4.69) is 25.9 Å². The van der Waals surface area contributed by atoms with Crippen LogP contribution in [0, 0.1) is 17.2 Å². The molecule has 1 aliphatic heterocycles. The van der Waals surface area contributed by atoms with Crippen molar-refractivity contribution < 1.29 is 9.47 Å². The number of anilines is 1. The minimum atomic E-state index is 0.391. The van der Waals surface area contributed by atoms with Crippen molar-refractivity contribution in [3.63, 3.8) is 0 Å². The molecule has 0 aromatic carbocycles. The second kappa shape index (κ2) is 7.78. The lowest BCUT2D eigenvalue weighted by molar-refractivity contribution is 0.250. The standard InChI is InChI=1S/C20H23N5O2/c1-2-26-18-6-5-17(11-22-18)25-8-7-14(12-25)13-27-20-16(9-21)10-23-19(24-20)15-3-4-15/h5-6,10-11,14-15H,2-4,7-8,12-13H2,1H3/t14-/m0/s1. The predicted octanol–water partition coefficient (Wildman–Crippen LogP) is 2.92. The second-order valence-corrected chi connectivity index (χ2v) is 7.03. The van der Waals surface area contributed by atoms with E-state index in [0.29, 0.717) is 42.4 Å². The summed E-state index contributed by atoms with van der Waals surface area (Å²) in [7, 11) is 0. The quantitative estimate of drug-likeness (QED) is 0.746. The van der Waals surface area contributed by atoms with Crippen LogP contribution in [0.5, 0.6) is 11.8 Å². The smallest absolute Gasteiger partial charge is 0.235 e. The number of ether oxygens (including phenoxy) is 2. The van der Waals surface area contributed by atoms with Crippen LogP contribution in [-0.4, -0.2) is 41.3 Å². The van der Waals surface area contributed by atoms with Gasteiger partial charge < -0.3 is 14.4 Å². The molecule has 3 heterocycles. The van der Waals surface area contributed by atoms with Gasteiger partial charge in [-0.2, -0.15) is 10.2 Å². The maximum Gasteiger partial charge on any atom is 0.235 e. The molecule has 0 radical (unpaired) electrons. The molecule has 7 heteroatoms. The molecule has 2 aromatic heterocycles. The fourth-order valence-corrected chi connectivity index (χ4v) is 3.30. The molecule has 140 valence electrons. The van der Waals surface area contributed by atoms with Gasteiger partial charge in [0.05, 0.1) is 31.3 Å². The molecule has 1 atom stereocenters. The van der Waals surface area contributed by atoms with Crippen LogP contribution in [0.4, 0.5) is 5.69 Å². The molecule has 1 saturated carbocycles. The van der Waals surface area contributed by atoms with Crippen molar-refractivity contribution >= 4 is 5.69 Å². The van der Waals surface area contributed by atoms with Crippen molar-refractivity contribution in [2.75, 3.05) is 31.2 Å². The number of nitrogens with zero attached hydrogens (tertiary/aromatic N) is 5. The van der Waals surface area contributed by atoms with Gasteiger partial charge in [-0.05, 0) is 32.3 Å². The van der Waals surface area contributed by atoms with E-state index in [1.54, 1.807) is 6.20 Å². The predicted molar refractivity (Wildman–Crippen MR) is 99.9 cm³/mol. The highest BCUT2D eigenvalue weighted by Crippen LogP contribution is 2.38. The van der Waals surface area contributed by atoms with E-state index in [-0.39, 0.29) is 0 Å². The minimum absolute atomic E-state index is 0.391. The molecule has 2 aromatic rings. The average molecular weight is 365 g/mol. The summed E-state index contributed by atoms with van der Waals surface area (Å²) >= 11 is 0. The van der Waals surface area contributed by atoms with Gasteiger partial charge in [-0.25, -0.2) is 9.97 Å². The number of nitriles is 1. The molecule has 4 rings (SSSR count). The SMILES string of the molecule is CCOc1ccc(N2CC[C@H](COc3nc(C4CC4)ncc3C#N)C2)cn1. The molecule has 0 amide bonds. The summed E-state index contributed by atoms with van der Waals surface area (Å²) in [6.07, 6.45) is 6.73. The van der Waals surface area contributed by atoms with Crippen LogP contribution in [0.2, 0.25) is 0 Å². The lowest BCUT2D eigenvalue weighted by Gasteiger charge is -2.18. The van der Waals surface area contributed by atoms with Crippen molar-refractivity contribution in [1.29, 1.82) is 5.26 Å². The number of rotatable bonds is 7. The Morgan fingerprint density at radius 1 is 1.19 bits per heavy atom. The van der Waals surface area contributed by atoms with Gasteiger partial charge in [0.25, 0.3) is 0 Å². The van der Waals surface area contributed by atoms with Crippen LogP contribution in [0.15, 0.2) is 24.5 Å². The number of aromatic nitrogens is 3. The summed E-state index contributed by atoms with van der Waals surface area (Å²) in [6.45, 7) is 4.98. The largest absolute Gasteiger partial charge is 0.478 e. The molecule has 0 unspecified atom stereocenters. The second-order valence-electron chi connectivity index (χ2n) is 7.03. The van der Waals surface area contributed by atoms with E-state index in [1.165, 1.54) is 0 Å². The van der Waals surface area contributed by atoms with Crippen molar-refractivity contribution in [2.24, 2.45) is 5.92 Å². The van der Waals surface area contributed by atoms with Gasteiger partial charge in [0.15, 0.2) is 0 Å². The van der Waals surface area contributed by atoms with Gasteiger partial charge in [-0.3, -0.25) is 0 Å². The Morgan fingerprint density at radius 3 is 2.78 bits per heavy atom. The summed E-state index contributed by atoms with van der Waals surface area (Å²) in [6, 6.07) is 6.08. The minimum Gasteiger partial charge on any atom is -0.478 e. The van der Waals surface area contributed by atoms with Crippen LogP contribution in [0.25, 0.3) is 0 Å². The van der Waals surface area contributed by atoms with E-state index in [1.807, 2.05) is 25.3 Å². The third kappa shape index (κ3) is 4.11. The molecular formula is C20H23N5O2. The van der Waals surface area contributed by atoms with E-state index in [9.17, 15) is 5.26 Å². The third-order valence-electron chi connectivity index (χ3n) is 4.96. The van der Waals surface area contributed by atoms with Crippen LogP contribution in [-0.2, 0) is 0 Å². The Labute approximate surface area is 159 Å². The van der Waals surface area contributed by atoms with Crippen molar-refractivity contribution in [1.82, 2.24) is 15.0 Å². The molecule has 27 heavy (non-hydrogen) atoms.